The zero-order valence-electron chi connectivity index (χ0n) is 6.77. The second-order valence-electron chi connectivity index (χ2n) is 2.37. The van der Waals surface area contributed by atoms with Gasteiger partial charge < -0.3 is 5.73 Å². The van der Waals surface area contributed by atoms with Crippen molar-refractivity contribution in [3.63, 3.8) is 0 Å². The Morgan fingerprint density at radius 2 is 2.07 bits per heavy atom. The number of benzene rings is 1. The second kappa shape index (κ2) is 4.32. The van der Waals surface area contributed by atoms with E-state index in [9.17, 15) is 9.18 Å². The van der Waals surface area contributed by atoms with Gasteiger partial charge in [0.2, 0.25) is 0 Å². The fourth-order valence-corrected chi connectivity index (χ4v) is 1.08. The summed E-state index contributed by atoms with van der Waals surface area (Å²) in [6, 6.07) is 2.42. The first-order valence-corrected chi connectivity index (χ1v) is 4.22. The van der Waals surface area contributed by atoms with Crippen molar-refractivity contribution in [3.8, 4) is 11.8 Å². The van der Waals surface area contributed by atoms with Crippen LogP contribution in [0.2, 0.25) is 10.0 Å². The molecule has 0 fully saturated rings. The summed E-state index contributed by atoms with van der Waals surface area (Å²) in [4.78, 5) is 10.3. The summed E-state index contributed by atoms with van der Waals surface area (Å²) in [5.74, 6) is 2.92. The van der Waals surface area contributed by atoms with Crippen molar-refractivity contribution in [2.24, 2.45) is 5.73 Å². The number of hydrogen-bond acceptors (Lipinski definition) is 1. The van der Waals surface area contributed by atoms with Gasteiger partial charge in [-0.05, 0) is 18.1 Å². The smallest absolute Gasteiger partial charge is 0.293 e. The number of halogens is 3. The van der Waals surface area contributed by atoms with E-state index in [-0.39, 0.29) is 15.6 Å². The maximum atomic E-state index is 13.0. The van der Waals surface area contributed by atoms with Crippen LogP contribution < -0.4 is 5.73 Å². The number of carbonyl (C=O) groups excluding carboxylic acids is 1. The van der Waals surface area contributed by atoms with E-state index in [4.69, 9.17) is 28.9 Å². The van der Waals surface area contributed by atoms with Gasteiger partial charge in [-0.1, -0.05) is 29.1 Å². The molecule has 1 aromatic carbocycles. The molecule has 0 aromatic heterocycles. The van der Waals surface area contributed by atoms with Crippen LogP contribution in [0.4, 0.5) is 4.39 Å². The topological polar surface area (TPSA) is 43.1 Å². The SMILES string of the molecule is NC(=O)C#Cc1cc(F)c(Cl)c(Cl)c1. The molecule has 0 atom stereocenters. The number of rotatable bonds is 0. The van der Waals surface area contributed by atoms with Gasteiger partial charge in [0.15, 0.2) is 0 Å². The van der Waals surface area contributed by atoms with Gasteiger partial charge >= 0.3 is 0 Å². The third-order valence-electron chi connectivity index (χ3n) is 1.31. The Bertz CT molecular complexity index is 425. The first-order valence-electron chi connectivity index (χ1n) is 3.46. The molecule has 0 bridgehead atoms. The lowest BCUT2D eigenvalue weighted by Crippen LogP contribution is -2.06. The van der Waals surface area contributed by atoms with Gasteiger partial charge in [0.25, 0.3) is 5.91 Å². The fourth-order valence-electron chi connectivity index (χ4n) is 0.761. The molecule has 0 aliphatic heterocycles. The number of amides is 1. The highest BCUT2D eigenvalue weighted by Crippen LogP contribution is 2.25. The van der Waals surface area contributed by atoms with Crippen molar-refractivity contribution in [2.45, 2.75) is 0 Å². The maximum absolute atomic E-state index is 13.0. The summed E-state index contributed by atoms with van der Waals surface area (Å²) in [5.41, 5.74) is 5.03. The summed E-state index contributed by atoms with van der Waals surface area (Å²) in [7, 11) is 0. The Kier molecular flexibility index (Phi) is 3.34. The maximum Gasteiger partial charge on any atom is 0.293 e. The standard InChI is InChI=1S/C9H4Cl2FNO/c10-6-3-5(1-2-8(13)14)4-7(12)9(6)11/h3-4H,(H2,13,14). The van der Waals surface area contributed by atoms with Crippen molar-refractivity contribution in [1.82, 2.24) is 0 Å². The molecule has 0 spiro atoms. The van der Waals surface area contributed by atoms with Crippen molar-refractivity contribution in [3.05, 3.63) is 33.6 Å². The monoisotopic (exact) mass is 231 g/mol. The first-order chi connectivity index (χ1) is 6.50. The molecule has 1 rings (SSSR count). The molecular weight excluding hydrogens is 228 g/mol. The fraction of sp³-hybridized carbons (Fsp3) is 0. The summed E-state index contributed by atoms with van der Waals surface area (Å²) in [6.45, 7) is 0. The third-order valence-corrected chi connectivity index (χ3v) is 2.09. The summed E-state index contributed by atoms with van der Waals surface area (Å²) in [6.07, 6.45) is 0. The van der Waals surface area contributed by atoms with Crippen LogP contribution in [0.1, 0.15) is 5.56 Å². The highest BCUT2D eigenvalue weighted by atomic mass is 35.5. The zero-order valence-corrected chi connectivity index (χ0v) is 8.29. The van der Waals surface area contributed by atoms with Crippen LogP contribution in [0.3, 0.4) is 0 Å². The minimum atomic E-state index is -0.795. The Labute approximate surface area is 89.8 Å². The van der Waals surface area contributed by atoms with Gasteiger partial charge in [0.05, 0.1) is 10.0 Å². The van der Waals surface area contributed by atoms with Crippen molar-refractivity contribution in [2.75, 3.05) is 0 Å². The van der Waals surface area contributed by atoms with Gasteiger partial charge in [0.1, 0.15) is 5.82 Å². The van der Waals surface area contributed by atoms with E-state index in [0.717, 1.165) is 6.07 Å². The molecule has 72 valence electrons. The number of hydrogen-bond donors (Lipinski definition) is 1. The molecule has 2 N–H and O–H groups in total. The van der Waals surface area contributed by atoms with Gasteiger partial charge in [-0.3, -0.25) is 4.79 Å². The molecule has 0 radical (unpaired) electrons. The molecule has 0 heterocycles. The van der Waals surface area contributed by atoms with E-state index in [1.54, 1.807) is 0 Å². The first kappa shape index (κ1) is 10.8. The lowest BCUT2D eigenvalue weighted by Gasteiger charge is -1.97. The predicted molar refractivity (Wildman–Crippen MR) is 52.5 cm³/mol. The molecule has 0 saturated carbocycles. The minimum absolute atomic E-state index is 0.0421. The van der Waals surface area contributed by atoms with E-state index < -0.39 is 11.7 Å². The van der Waals surface area contributed by atoms with Crippen molar-refractivity contribution < 1.29 is 9.18 Å². The van der Waals surface area contributed by atoms with E-state index >= 15 is 0 Å². The van der Waals surface area contributed by atoms with E-state index in [1.165, 1.54) is 6.07 Å². The molecule has 14 heavy (non-hydrogen) atoms. The highest BCUT2D eigenvalue weighted by molar-refractivity contribution is 6.42. The summed E-state index contributed by atoms with van der Waals surface area (Å²) in [5, 5.41) is -0.128. The summed E-state index contributed by atoms with van der Waals surface area (Å²) >= 11 is 11.0. The minimum Gasteiger partial charge on any atom is -0.359 e. The average molecular weight is 232 g/mol. The van der Waals surface area contributed by atoms with Crippen LogP contribution >= 0.6 is 23.2 Å². The lowest BCUT2D eigenvalue weighted by atomic mass is 10.2. The van der Waals surface area contributed by atoms with Crippen molar-refractivity contribution >= 4 is 29.1 Å². The van der Waals surface area contributed by atoms with E-state index in [0.29, 0.717) is 0 Å². The van der Waals surface area contributed by atoms with Gasteiger partial charge in [-0.15, -0.1) is 0 Å². The van der Waals surface area contributed by atoms with Gasteiger partial charge in [-0.2, -0.15) is 0 Å². The quantitative estimate of drug-likeness (QED) is 0.539. The molecule has 2 nitrogen and oxygen atoms in total. The van der Waals surface area contributed by atoms with Crippen LogP contribution in [0.25, 0.3) is 0 Å². The van der Waals surface area contributed by atoms with Crippen LogP contribution in [-0.2, 0) is 4.79 Å². The van der Waals surface area contributed by atoms with Crippen LogP contribution in [0, 0.1) is 17.7 Å². The van der Waals surface area contributed by atoms with Gasteiger partial charge in [0, 0.05) is 5.56 Å². The van der Waals surface area contributed by atoms with Crippen molar-refractivity contribution in [1.29, 1.82) is 0 Å². The van der Waals surface area contributed by atoms with Crippen LogP contribution in [-0.4, -0.2) is 5.91 Å². The molecule has 0 aliphatic rings. The molecule has 0 saturated heterocycles. The van der Waals surface area contributed by atoms with Crippen LogP contribution in [0.15, 0.2) is 12.1 Å². The number of nitrogens with two attached hydrogens (primary N) is 1. The zero-order chi connectivity index (χ0) is 10.7. The number of carbonyl (C=O) groups is 1. The molecule has 0 aliphatic carbocycles. The second-order valence-corrected chi connectivity index (χ2v) is 3.15. The predicted octanol–water partition coefficient (Wildman–Crippen LogP) is 1.97. The Morgan fingerprint density at radius 3 is 2.57 bits per heavy atom. The van der Waals surface area contributed by atoms with E-state index in [2.05, 4.69) is 11.8 Å². The Balaban J connectivity index is 3.15. The van der Waals surface area contributed by atoms with Gasteiger partial charge in [-0.25, -0.2) is 4.39 Å². The molecule has 1 amide bonds. The average Bonchev–Trinajstić information content (AvgIpc) is 2.10. The molecular formula is C9H4Cl2FNO. The van der Waals surface area contributed by atoms with Crippen LogP contribution in [0.5, 0.6) is 0 Å². The molecule has 5 heteroatoms. The largest absolute Gasteiger partial charge is 0.359 e. The summed E-state index contributed by atoms with van der Waals surface area (Å²) < 4.78 is 13.0. The molecule has 1 aromatic rings. The lowest BCUT2D eigenvalue weighted by molar-refractivity contribution is -0.112. The normalized spacial score (nSPS) is 9.07. The number of primary amides is 1. The third kappa shape index (κ3) is 2.63. The Hall–Kier alpha value is -1.24. The molecule has 0 unspecified atom stereocenters. The van der Waals surface area contributed by atoms with E-state index in [1.807, 2.05) is 0 Å². The highest BCUT2D eigenvalue weighted by Gasteiger charge is 2.05. The Morgan fingerprint density at radius 1 is 1.43 bits per heavy atom.